The van der Waals surface area contributed by atoms with E-state index in [1.165, 1.54) is 11.3 Å². The summed E-state index contributed by atoms with van der Waals surface area (Å²) in [5.41, 5.74) is 6.19. The molecule has 4 heteroatoms. The molecule has 0 radical (unpaired) electrons. The predicted molar refractivity (Wildman–Crippen MR) is 56.1 cm³/mol. The van der Waals surface area contributed by atoms with Crippen LogP contribution in [0.3, 0.4) is 0 Å². The Bertz CT molecular complexity index is 417. The van der Waals surface area contributed by atoms with Crippen LogP contribution in [-0.4, -0.2) is 5.91 Å². The lowest BCUT2D eigenvalue weighted by molar-refractivity contribution is 0.100. The van der Waals surface area contributed by atoms with Gasteiger partial charge in [0.25, 0.3) is 5.91 Å². The zero-order valence-corrected chi connectivity index (χ0v) is 8.32. The van der Waals surface area contributed by atoms with E-state index in [1.807, 2.05) is 29.0 Å². The first-order chi connectivity index (χ1) is 6.29. The molecule has 0 aliphatic carbocycles. The monoisotopic (exact) mass is 209 g/mol. The third-order valence-corrected chi connectivity index (χ3v) is 3.51. The van der Waals surface area contributed by atoms with Crippen LogP contribution in [0, 0.1) is 0 Å². The van der Waals surface area contributed by atoms with Crippen molar-refractivity contribution in [1.29, 1.82) is 0 Å². The Balaban J connectivity index is 2.52. The highest BCUT2D eigenvalue weighted by Gasteiger charge is 2.11. The second-order valence-corrected chi connectivity index (χ2v) is 4.37. The molecule has 2 rings (SSSR count). The molecule has 2 aromatic rings. The first-order valence-electron chi connectivity index (χ1n) is 3.70. The minimum absolute atomic E-state index is 0.349. The van der Waals surface area contributed by atoms with Gasteiger partial charge >= 0.3 is 0 Å². The second-order valence-electron chi connectivity index (χ2n) is 2.50. The topological polar surface area (TPSA) is 43.1 Å². The van der Waals surface area contributed by atoms with Gasteiger partial charge in [0.2, 0.25) is 0 Å². The maximum absolute atomic E-state index is 11.0. The number of rotatable bonds is 2. The van der Waals surface area contributed by atoms with Crippen LogP contribution in [-0.2, 0) is 0 Å². The molecule has 0 fully saturated rings. The molecule has 2 aromatic heterocycles. The van der Waals surface area contributed by atoms with Gasteiger partial charge in [-0.15, -0.1) is 22.7 Å². The normalized spacial score (nSPS) is 10.2. The molecule has 2 nitrogen and oxygen atoms in total. The molecule has 0 saturated heterocycles. The summed E-state index contributed by atoms with van der Waals surface area (Å²) >= 11 is 3.00. The molecule has 66 valence electrons. The van der Waals surface area contributed by atoms with E-state index in [1.54, 1.807) is 11.3 Å². The SMILES string of the molecule is NC(=O)c1sccc1-c1cccs1. The van der Waals surface area contributed by atoms with Crippen molar-refractivity contribution in [2.45, 2.75) is 0 Å². The first-order valence-corrected chi connectivity index (χ1v) is 5.46. The minimum Gasteiger partial charge on any atom is -0.365 e. The van der Waals surface area contributed by atoms with Crippen LogP contribution in [0.25, 0.3) is 10.4 Å². The van der Waals surface area contributed by atoms with Crippen LogP contribution in [0.15, 0.2) is 29.0 Å². The molecular formula is C9H7NOS2. The minimum atomic E-state index is -0.349. The summed E-state index contributed by atoms with van der Waals surface area (Å²) in [7, 11) is 0. The molecule has 0 aromatic carbocycles. The van der Waals surface area contributed by atoms with Gasteiger partial charge in [-0.25, -0.2) is 0 Å². The summed E-state index contributed by atoms with van der Waals surface area (Å²) in [5.74, 6) is -0.349. The van der Waals surface area contributed by atoms with Crippen LogP contribution in [0.5, 0.6) is 0 Å². The van der Waals surface area contributed by atoms with E-state index in [4.69, 9.17) is 5.73 Å². The lowest BCUT2D eigenvalue weighted by Gasteiger charge is -1.95. The quantitative estimate of drug-likeness (QED) is 0.811. The first kappa shape index (κ1) is 8.47. The van der Waals surface area contributed by atoms with Crippen molar-refractivity contribution in [2.75, 3.05) is 0 Å². The van der Waals surface area contributed by atoms with Crippen molar-refractivity contribution in [1.82, 2.24) is 0 Å². The van der Waals surface area contributed by atoms with Crippen molar-refractivity contribution in [2.24, 2.45) is 5.73 Å². The van der Waals surface area contributed by atoms with E-state index >= 15 is 0 Å². The Labute approximate surface area is 83.6 Å². The number of amides is 1. The van der Waals surface area contributed by atoms with Gasteiger partial charge in [-0.05, 0) is 22.9 Å². The third-order valence-electron chi connectivity index (χ3n) is 1.68. The van der Waals surface area contributed by atoms with Gasteiger partial charge in [-0.2, -0.15) is 0 Å². The van der Waals surface area contributed by atoms with Crippen LogP contribution in [0.2, 0.25) is 0 Å². The number of thiophene rings is 2. The highest BCUT2D eigenvalue weighted by atomic mass is 32.1. The number of nitrogens with two attached hydrogens (primary N) is 1. The van der Waals surface area contributed by atoms with Crippen LogP contribution >= 0.6 is 22.7 Å². The fraction of sp³-hybridized carbons (Fsp3) is 0. The molecule has 0 atom stereocenters. The van der Waals surface area contributed by atoms with E-state index in [0.29, 0.717) is 4.88 Å². The van der Waals surface area contributed by atoms with Crippen molar-refractivity contribution in [3.05, 3.63) is 33.8 Å². The zero-order valence-electron chi connectivity index (χ0n) is 6.69. The third kappa shape index (κ3) is 1.50. The molecule has 1 amide bonds. The Hall–Kier alpha value is -1.13. The molecule has 13 heavy (non-hydrogen) atoms. The molecule has 2 heterocycles. The van der Waals surface area contributed by atoms with E-state index in [0.717, 1.165) is 10.4 Å². The van der Waals surface area contributed by atoms with E-state index in [-0.39, 0.29) is 5.91 Å². The van der Waals surface area contributed by atoms with Gasteiger partial charge in [0.1, 0.15) is 4.88 Å². The summed E-state index contributed by atoms with van der Waals surface area (Å²) < 4.78 is 0. The lowest BCUT2D eigenvalue weighted by atomic mass is 10.2. The molecule has 0 spiro atoms. The molecule has 0 bridgehead atoms. The Morgan fingerprint density at radius 1 is 1.23 bits per heavy atom. The average Bonchev–Trinajstić information content (AvgIpc) is 2.74. The van der Waals surface area contributed by atoms with Crippen LogP contribution in [0.1, 0.15) is 9.67 Å². The van der Waals surface area contributed by atoms with E-state index in [2.05, 4.69) is 0 Å². The van der Waals surface area contributed by atoms with Gasteiger partial charge in [-0.3, -0.25) is 4.79 Å². The van der Waals surface area contributed by atoms with Gasteiger partial charge in [0, 0.05) is 10.4 Å². The lowest BCUT2D eigenvalue weighted by Crippen LogP contribution is -2.09. The number of primary amides is 1. The van der Waals surface area contributed by atoms with Crippen molar-refractivity contribution in [3.63, 3.8) is 0 Å². The standard InChI is InChI=1S/C9H7NOS2/c10-9(11)8-6(3-5-13-8)7-2-1-4-12-7/h1-5H,(H2,10,11). The van der Waals surface area contributed by atoms with Crippen molar-refractivity contribution >= 4 is 28.6 Å². The van der Waals surface area contributed by atoms with Crippen molar-refractivity contribution in [3.8, 4) is 10.4 Å². The maximum Gasteiger partial charge on any atom is 0.259 e. The number of carbonyl (C=O) groups excluding carboxylic acids is 1. The zero-order chi connectivity index (χ0) is 9.26. The van der Waals surface area contributed by atoms with E-state index in [9.17, 15) is 4.79 Å². The van der Waals surface area contributed by atoms with Crippen LogP contribution < -0.4 is 5.73 Å². The fourth-order valence-electron chi connectivity index (χ4n) is 1.13. The summed E-state index contributed by atoms with van der Waals surface area (Å²) in [4.78, 5) is 12.7. The summed E-state index contributed by atoms with van der Waals surface area (Å²) in [6, 6.07) is 5.87. The van der Waals surface area contributed by atoms with Gasteiger partial charge in [0.15, 0.2) is 0 Å². The largest absolute Gasteiger partial charge is 0.365 e. The Morgan fingerprint density at radius 3 is 2.69 bits per heavy atom. The summed E-state index contributed by atoms with van der Waals surface area (Å²) in [6.45, 7) is 0. The second kappa shape index (κ2) is 3.32. The predicted octanol–water partition coefficient (Wildman–Crippen LogP) is 2.58. The Kier molecular flexibility index (Phi) is 2.16. The molecule has 0 unspecified atom stereocenters. The molecular weight excluding hydrogens is 202 g/mol. The van der Waals surface area contributed by atoms with Gasteiger partial charge in [0.05, 0.1) is 0 Å². The van der Waals surface area contributed by atoms with Gasteiger partial charge in [-0.1, -0.05) is 6.07 Å². The van der Waals surface area contributed by atoms with Crippen molar-refractivity contribution < 1.29 is 4.79 Å². The average molecular weight is 209 g/mol. The molecule has 0 aliphatic heterocycles. The fourth-order valence-corrected chi connectivity index (χ4v) is 2.71. The maximum atomic E-state index is 11.0. The van der Waals surface area contributed by atoms with Gasteiger partial charge < -0.3 is 5.73 Å². The summed E-state index contributed by atoms with van der Waals surface area (Å²) in [5, 5.41) is 3.87. The number of carbonyl (C=O) groups is 1. The van der Waals surface area contributed by atoms with E-state index < -0.39 is 0 Å². The Morgan fingerprint density at radius 2 is 2.08 bits per heavy atom. The summed E-state index contributed by atoms with van der Waals surface area (Å²) in [6.07, 6.45) is 0. The highest BCUT2D eigenvalue weighted by molar-refractivity contribution is 7.15. The number of hydrogen-bond donors (Lipinski definition) is 1. The molecule has 0 aliphatic rings. The van der Waals surface area contributed by atoms with Crippen LogP contribution in [0.4, 0.5) is 0 Å². The highest BCUT2D eigenvalue weighted by Crippen LogP contribution is 2.31. The molecule has 2 N–H and O–H groups in total. The number of hydrogen-bond acceptors (Lipinski definition) is 3. The molecule has 0 saturated carbocycles. The smallest absolute Gasteiger partial charge is 0.259 e.